The highest BCUT2D eigenvalue weighted by Crippen LogP contribution is 2.26. The van der Waals surface area contributed by atoms with Crippen molar-refractivity contribution in [3.63, 3.8) is 0 Å². The molecule has 0 N–H and O–H groups in total. The van der Waals surface area contributed by atoms with E-state index in [2.05, 4.69) is 45.0 Å². The molecular formula is C13H22ClN2+. The van der Waals surface area contributed by atoms with Crippen molar-refractivity contribution in [1.82, 2.24) is 4.90 Å². The minimum absolute atomic E-state index is 0.452. The summed E-state index contributed by atoms with van der Waals surface area (Å²) >= 11 is 6.03. The number of halogens is 1. The smallest absolute Gasteiger partial charge is 0.274 e. The lowest BCUT2D eigenvalue weighted by molar-refractivity contribution is -0.669. The maximum Gasteiger partial charge on any atom is 0.274 e. The Morgan fingerprint density at radius 1 is 1.38 bits per heavy atom. The van der Waals surface area contributed by atoms with Crippen LogP contribution < -0.4 is 4.57 Å². The number of aromatic nitrogens is 1. The number of hydrogen-bond acceptors (Lipinski definition) is 1. The zero-order valence-corrected chi connectivity index (χ0v) is 11.6. The second kappa shape index (κ2) is 5.65. The van der Waals surface area contributed by atoms with Gasteiger partial charge in [-0.1, -0.05) is 20.8 Å². The van der Waals surface area contributed by atoms with Crippen LogP contribution in [0.4, 0.5) is 0 Å². The first-order valence-corrected chi connectivity index (χ1v) is 6.20. The molecule has 0 aliphatic carbocycles. The van der Waals surface area contributed by atoms with E-state index in [1.54, 1.807) is 0 Å². The number of aryl methyl sites for hydroxylation is 1. The van der Waals surface area contributed by atoms with Crippen LogP contribution in [0.3, 0.4) is 0 Å². The summed E-state index contributed by atoms with van der Waals surface area (Å²) in [6.07, 6.45) is 2.12. The van der Waals surface area contributed by atoms with Crippen molar-refractivity contribution < 1.29 is 4.57 Å². The van der Waals surface area contributed by atoms with E-state index in [0.29, 0.717) is 12.0 Å². The maximum atomic E-state index is 6.03. The van der Waals surface area contributed by atoms with Gasteiger partial charge in [0.05, 0.1) is 0 Å². The van der Waals surface area contributed by atoms with Crippen LogP contribution in [0.1, 0.15) is 32.4 Å². The molecule has 0 radical (unpaired) electrons. The molecule has 0 aliphatic rings. The molecule has 0 aromatic carbocycles. The van der Waals surface area contributed by atoms with Crippen molar-refractivity contribution in [2.75, 3.05) is 13.6 Å². The first-order chi connectivity index (χ1) is 7.47. The van der Waals surface area contributed by atoms with Crippen LogP contribution >= 0.6 is 11.6 Å². The number of hydrogen-bond donors (Lipinski definition) is 0. The summed E-state index contributed by atoms with van der Waals surface area (Å²) in [5, 5.41) is 0.769. The van der Waals surface area contributed by atoms with Gasteiger partial charge in [0.25, 0.3) is 5.15 Å². The second-order valence-corrected chi connectivity index (χ2v) is 5.05. The molecule has 1 unspecified atom stereocenters. The predicted octanol–water partition coefficient (Wildman–Crippen LogP) is 2.81. The van der Waals surface area contributed by atoms with E-state index in [9.17, 15) is 0 Å². The molecule has 0 aliphatic heterocycles. The average Bonchev–Trinajstić information content (AvgIpc) is 2.22. The molecular weight excluding hydrogens is 220 g/mol. The van der Waals surface area contributed by atoms with Gasteiger partial charge < -0.3 is 0 Å². The molecule has 2 nitrogen and oxygen atoms in total. The fraction of sp³-hybridized carbons (Fsp3) is 0.615. The summed E-state index contributed by atoms with van der Waals surface area (Å²) < 4.78 is 1.97. The van der Waals surface area contributed by atoms with Crippen molar-refractivity contribution >= 4 is 11.6 Å². The maximum absolute atomic E-state index is 6.03. The highest BCUT2D eigenvalue weighted by atomic mass is 35.5. The van der Waals surface area contributed by atoms with Gasteiger partial charge in [-0.05, 0) is 37.2 Å². The van der Waals surface area contributed by atoms with Crippen molar-refractivity contribution in [2.45, 2.75) is 26.8 Å². The third-order valence-electron chi connectivity index (χ3n) is 3.04. The van der Waals surface area contributed by atoms with Crippen molar-refractivity contribution in [3.8, 4) is 0 Å². The van der Waals surface area contributed by atoms with Crippen molar-refractivity contribution in [3.05, 3.63) is 29.0 Å². The Morgan fingerprint density at radius 2 is 2.00 bits per heavy atom. The summed E-state index contributed by atoms with van der Waals surface area (Å²) in [5.74, 6) is 0.589. The van der Waals surface area contributed by atoms with Crippen LogP contribution in [0.25, 0.3) is 0 Å². The summed E-state index contributed by atoms with van der Waals surface area (Å²) in [5.41, 5.74) is 1.33. The minimum Gasteiger partial charge on any atom is -0.299 e. The average molecular weight is 242 g/mol. The van der Waals surface area contributed by atoms with Crippen LogP contribution in [0, 0.1) is 5.92 Å². The standard InChI is InChI=1S/C13H22ClN2/c1-6-15(4)13(10(2)3)11-7-8-12(14)16(5)9-11/h7-10,13H,6H2,1-5H3/q+1. The third-order valence-corrected chi connectivity index (χ3v) is 3.43. The highest BCUT2D eigenvalue weighted by Gasteiger charge is 2.22. The molecule has 16 heavy (non-hydrogen) atoms. The van der Waals surface area contributed by atoms with Gasteiger partial charge >= 0.3 is 0 Å². The first-order valence-electron chi connectivity index (χ1n) is 5.82. The van der Waals surface area contributed by atoms with Gasteiger partial charge in [-0.15, -0.1) is 0 Å². The Bertz CT molecular complexity index is 350. The summed E-state index contributed by atoms with van der Waals surface area (Å²) in [4.78, 5) is 2.37. The largest absolute Gasteiger partial charge is 0.299 e. The Morgan fingerprint density at radius 3 is 2.44 bits per heavy atom. The lowest BCUT2D eigenvalue weighted by Gasteiger charge is -2.29. The Balaban J connectivity index is 3.06. The molecule has 0 bridgehead atoms. The fourth-order valence-electron chi connectivity index (χ4n) is 2.13. The molecule has 0 amide bonds. The topological polar surface area (TPSA) is 7.12 Å². The SMILES string of the molecule is CCN(C)C(c1ccc(Cl)[n+](C)c1)C(C)C. The van der Waals surface area contributed by atoms with Gasteiger partial charge in [0.2, 0.25) is 0 Å². The number of rotatable bonds is 4. The van der Waals surface area contributed by atoms with E-state index >= 15 is 0 Å². The summed E-state index contributed by atoms with van der Waals surface area (Å²) in [6, 6.07) is 4.54. The summed E-state index contributed by atoms with van der Waals surface area (Å²) in [6.45, 7) is 7.75. The lowest BCUT2D eigenvalue weighted by Crippen LogP contribution is -2.34. The molecule has 0 spiro atoms. The van der Waals surface area contributed by atoms with E-state index in [4.69, 9.17) is 11.6 Å². The van der Waals surface area contributed by atoms with Crippen LogP contribution in [0.2, 0.25) is 5.15 Å². The van der Waals surface area contributed by atoms with E-state index < -0.39 is 0 Å². The minimum atomic E-state index is 0.452. The predicted molar refractivity (Wildman–Crippen MR) is 68.5 cm³/mol. The normalized spacial score (nSPS) is 13.5. The van der Waals surface area contributed by atoms with Gasteiger partial charge in [-0.3, -0.25) is 4.90 Å². The van der Waals surface area contributed by atoms with E-state index in [1.165, 1.54) is 5.56 Å². The van der Waals surface area contributed by atoms with Gasteiger partial charge in [0, 0.05) is 17.7 Å². The molecule has 0 saturated carbocycles. The van der Waals surface area contributed by atoms with Gasteiger partial charge in [-0.2, -0.15) is 4.57 Å². The third kappa shape index (κ3) is 2.96. The van der Waals surface area contributed by atoms with Crippen LogP contribution in [0.5, 0.6) is 0 Å². The number of nitrogens with zero attached hydrogens (tertiary/aromatic N) is 2. The Labute approximate surface area is 104 Å². The van der Waals surface area contributed by atoms with Gasteiger partial charge in [0.1, 0.15) is 7.05 Å². The van der Waals surface area contributed by atoms with E-state index in [1.807, 2.05) is 17.7 Å². The molecule has 1 heterocycles. The Hall–Kier alpha value is -0.600. The zero-order valence-electron chi connectivity index (χ0n) is 10.9. The summed E-state index contributed by atoms with van der Waals surface area (Å²) in [7, 11) is 4.15. The van der Waals surface area contributed by atoms with Gasteiger partial charge in [-0.25, -0.2) is 0 Å². The molecule has 0 saturated heterocycles. The molecule has 1 aromatic heterocycles. The molecule has 3 heteroatoms. The number of pyridine rings is 1. The molecule has 90 valence electrons. The van der Waals surface area contributed by atoms with Crippen molar-refractivity contribution in [1.29, 1.82) is 0 Å². The molecule has 1 atom stereocenters. The van der Waals surface area contributed by atoms with Crippen LogP contribution in [-0.2, 0) is 7.05 Å². The Kier molecular flexibility index (Phi) is 4.75. The first kappa shape index (κ1) is 13.5. The van der Waals surface area contributed by atoms with E-state index in [0.717, 1.165) is 11.7 Å². The van der Waals surface area contributed by atoms with Crippen LogP contribution in [0.15, 0.2) is 18.3 Å². The molecule has 0 fully saturated rings. The second-order valence-electron chi connectivity index (χ2n) is 4.66. The molecule has 1 rings (SSSR count). The quantitative estimate of drug-likeness (QED) is 0.581. The van der Waals surface area contributed by atoms with Gasteiger partial charge in [0.15, 0.2) is 6.20 Å². The van der Waals surface area contributed by atoms with E-state index in [-0.39, 0.29) is 0 Å². The fourth-order valence-corrected chi connectivity index (χ4v) is 2.24. The van der Waals surface area contributed by atoms with Crippen molar-refractivity contribution in [2.24, 2.45) is 13.0 Å². The zero-order chi connectivity index (χ0) is 12.3. The van der Waals surface area contributed by atoms with Crippen LogP contribution in [-0.4, -0.2) is 18.5 Å². The molecule has 1 aromatic rings. The highest BCUT2D eigenvalue weighted by molar-refractivity contribution is 6.28. The lowest BCUT2D eigenvalue weighted by atomic mass is 9.96. The monoisotopic (exact) mass is 241 g/mol.